The van der Waals surface area contributed by atoms with Gasteiger partial charge in [0.25, 0.3) is 5.91 Å². The number of halogens is 3. The number of carbonyl (C=O) groups excluding carboxylic acids is 1. The van der Waals surface area contributed by atoms with Crippen LogP contribution in [0.2, 0.25) is 0 Å². The summed E-state index contributed by atoms with van der Waals surface area (Å²) >= 11 is 0. The van der Waals surface area contributed by atoms with Gasteiger partial charge in [0.2, 0.25) is 0 Å². The average Bonchev–Trinajstić information content (AvgIpc) is 2.63. The number of nitrogens with one attached hydrogen (secondary N) is 1. The number of rotatable bonds is 9. The molecule has 0 spiro atoms. The van der Waals surface area contributed by atoms with E-state index in [0.717, 1.165) is 37.9 Å². The van der Waals surface area contributed by atoms with Crippen molar-refractivity contribution in [2.45, 2.75) is 44.7 Å². The van der Waals surface area contributed by atoms with Crippen molar-refractivity contribution in [1.82, 2.24) is 10.2 Å². The Hall–Kier alpha value is -1.76. The first-order chi connectivity index (χ1) is 12.4. The summed E-state index contributed by atoms with van der Waals surface area (Å²) in [4.78, 5) is 14.2. The number of alkyl halides is 3. The number of ether oxygens (including phenoxy) is 1. The number of piperidine rings is 1. The van der Waals surface area contributed by atoms with Gasteiger partial charge in [-0.3, -0.25) is 4.79 Å². The first kappa shape index (κ1) is 20.6. The second kappa shape index (κ2) is 10.4. The highest BCUT2D eigenvalue weighted by molar-refractivity contribution is 5.77. The van der Waals surface area contributed by atoms with E-state index in [4.69, 9.17) is 4.74 Å². The van der Waals surface area contributed by atoms with E-state index in [0.29, 0.717) is 6.54 Å². The van der Waals surface area contributed by atoms with E-state index in [1.54, 1.807) is 0 Å². The molecule has 1 aromatic carbocycles. The monoisotopic (exact) mass is 372 g/mol. The van der Waals surface area contributed by atoms with Crippen LogP contribution in [-0.4, -0.2) is 43.6 Å². The molecule has 4 nitrogen and oxygen atoms in total. The highest BCUT2D eigenvalue weighted by Gasteiger charge is 2.30. The maximum absolute atomic E-state index is 12.5. The summed E-state index contributed by atoms with van der Waals surface area (Å²) in [5.41, 5.74) is -0.737. The zero-order chi connectivity index (χ0) is 18.8. The molecule has 2 rings (SSSR count). The molecule has 1 fully saturated rings. The van der Waals surface area contributed by atoms with E-state index in [-0.39, 0.29) is 18.3 Å². The van der Waals surface area contributed by atoms with Gasteiger partial charge in [0.1, 0.15) is 5.75 Å². The Balaban J connectivity index is 1.52. The van der Waals surface area contributed by atoms with Gasteiger partial charge in [-0.25, -0.2) is 0 Å². The van der Waals surface area contributed by atoms with E-state index in [9.17, 15) is 18.0 Å². The van der Waals surface area contributed by atoms with Gasteiger partial charge < -0.3 is 15.0 Å². The summed E-state index contributed by atoms with van der Waals surface area (Å²) in [5, 5.41) is 2.77. The predicted octanol–water partition coefficient (Wildman–Crippen LogP) is 3.86. The van der Waals surface area contributed by atoms with Crippen LogP contribution < -0.4 is 10.1 Å². The van der Waals surface area contributed by atoms with E-state index < -0.39 is 11.7 Å². The maximum Gasteiger partial charge on any atom is 0.416 e. The normalized spacial score (nSPS) is 15.7. The molecule has 1 aromatic rings. The molecule has 0 atom stereocenters. The van der Waals surface area contributed by atoms with Crippen LogP contribution in [0.1, 0.15) is 44.1 Å². The van der Waals surface area contributed by atoms with E-state index >= 15 is 0 Å². The van der Waals surface area contributed by atoms with Gasteiger partial charge in [-0.1, -0.05) is 12.8 Å². The SMILES string of the molecule is O=C(COc1ccc(C(F)(F)F)cc1)NCCCCCN1CCCCC1. The number of likely N-dealkylation sites (tertiary alicyclic amines) is 1. The van der Waals surface area contributed by atoms with Crippen LogP contribution in [0, 0.1) is 0 Å². The highest BCUT2D eigenvalue weighted by atomic mass is 19.4. The first-order valence-corrected chi connectivity index (χ1v) is 9.24. The van der Waals surface area contributed by atoms with Crippen molar-refractivity contribution in [3.63, 3.8) is 0 Å². The van der Waals surface area contributed by atoms with Crippen LogP contribution in [0.5, 0.6) is 5.75 Å². The number of nitrogens with zero attached hydrogens (tertiary/aromatic N) is 1. The van der Waals surface area contributed by atoms with Gasteiger partial charge in [0.05, 0.1) is 5.56 Å². The molecule has 0 bridgehead atoms. The fourth-order valence-electron chi connectivity index (χ4n) is 2.99. The lowest BCUT2D eigenvalue weighted by Gasteiger charge is -2.26. The molecule has 0 aliphatic carbocycles. The third-order valence-corrected chi connectivity index (χ3v) is 4.47. The summed E-state index contributed by atoms with van der Waals surface area (Å²) in [7, 11) is 0. The lowest BCUT2D eigenvalue weighted by atomic mass is 10.1. The fourth-order valence-corrected chi connectivity index (χ4v) is 2.99. The molecule has 0 aromatic heterocycles. The molecule has 0 saturated carbocycles. The van der Waals surface area contributed by atoms with Crippen molar-refractivity contribution in [2.24, 2.45) is 0 Å². The largest absolute Gasteiger partial charge is 0.484 e. The molecule has 1 aliphatic heterocycles. The molecule has 26 heavy (non-hydrogen) atoms. The molecule has 1 amide bonds. The number of benzene rings is 1. The van der Waals surface area contributed by atoms with E-state index in [2.05, 4.69) is 10.2 Å². The zero-order valence-corrected chi connectivity index (χ0v) is 15.0. The van der Waals surface area contributed by atoms with Gasteiger partial charge in [0.15, 0.2) is 6.61 Å². The van der Waals surface area contributed by atoms with Crippen LogP contribution in [0.15, 0.2) is 24.3 Å². The number of hydrogen-bond donors (Lipinski definition) is 1. The fraction of sp³-hybridized carbons (Fsp3) is 0.632. The number of unbranched alkanes of at least 4 members (excludes halogenated alkanes) is 2. The minimum atomic E-state index is -4.37. The van der Waals surface area contributed by atoms with Gasteiger partial charge in [-0.05, 0) is 69.6 Å². The topological polar surface area (TPSA) is 41.6 Å². The van der Waals surface area contributed by atoms with Crippen molar-refractivity contribution in [3.05, 3.63) is 29.8 Å². The Morgan fingerprint density at radius 2 is 1.73 bits per heavy atom. The smallest absolute Gasteiger partial charge is 0.416 e. The number of carbonyl (C=O) groups is 1. The van der Waals surface area contributed by atoms with Gasteiger partial charge in [-0.2, -0.15) is 13.2 Å². The van der Waals surface area contributed by atoms with Gasteiger partial charge in [-0.15, -0.1) is 0 Å². The zero-order valence-electron chi connectivity index (χ0n) is 15.0. The van der Waals surface area contributed by atoms with Crippen molar-refractivity contribution >= 4 is 5.91 Å². The van der Waals surface area contributed by atoms with Crippen molar-refractivity contribution in [2.75, 3.05) is 32.8 Å². The van der Waals surface area contributed by atoms with Crippen LogP contribution in [0.25, 0.3) is 0 Å². The number of hydrogen-bond acceptors (Lipinski definition) is 3. The quantitative estimate of drug-likeness (QED) is 0.670. The second-order valence-corrected chi connectivity index (χ2v) is 6.62. The molecular formula is C19H27F3N2O2. The van der Waals surface area contributed by atoms with Gasteiger partial charge >= 0.3 is 6.18 Å². The molecule has 0 unspecified atom stereocenters. The summed E-state index contributed by atoms with van der Waals surface area (Å²) in [6.45, 7) is 3.94. The van der Waals surface area contributed by atoms with E-state index in [1.807, 2.05) is 0 Å². The lowest BCUT2D eigenvalue weighted by Crippen LogP contribution is -2.31. The third-order valence-electron chi connectivity index (χ3n) is 4.47. The lowest BCUT2D eigenvalue weighted by molar-refractivity contribution is -0.137. The maximum atomic E-state index is 12.5. The molecule has 1 N–H and O–H groups in total. The van der Waals surface area contributed by atoms with Crippen LogP contribution in [0.4, 0.5) is 13.2 Å². The average molecular weight is 372 g/mol. The molecule has 1 aliphatic rings. The van der Waals surface area contributed by atoms with E-state index in [1.165, 1.54) is 44.5 Å². The summed E-state index contributed by atoms with van der Waals surface area (Å²) in [6, 6.07) is 4.32. The molecule has 146 valence electrons. The van der Waals surface area contributed by atoms with Crippen molar-refractivity contribution in [3.8, 4) is 5.75 Å². The molecule has 1 heterocycles. The second-order valence-electron chi connectivity index (χ2n) is 6.62. The van der Waals surface area contributed by atoms with Gasteiger partial charge in [0, 0.05) is 6.54 Å². The molecule has 7 heteroatoms. The minimum Gasteiger partial charge on any atom is -0.484 e. The summed E-state index contributed by atoms with van der Waals surface area (Å²) in [5.74, 6) is -0.0180. The number of amides is 1. The molecular weight excluding hydrogens is 345 g/mol. The van der Waals surface area contributed by atoms with Crippen molar-refractivity contribution in [1.29, 1.82) is 0 Å². The Labute approximate surface area is 152 Å². The summed E-state index contributed by atoms with van der Waals surface area (Å²) < 4.78 is 42.6. The molecule has 1 saturated heterocycles. The third kappa shape index (κ3) is 7.64. The van der Waals surface area contributed by atoms with Crippen LogP contribution >= 0.6 is 0 Å². The Bertz CT molecular complexity index is 541. The first-order valence-electron chi connectivity index (χ1n) is 9.24. The molecule has 0 radical (unpaired) electrons. The highest BCUT2D eigenvalue weighted by Crippen LogP contribution is 2.30. The van der Waals surface area contributed by atoms with Crippen LogP contribution in [-0.2, 0) is 11.0 Å². The Morgan fingerprint density at radius 1 is 1.04 bits per heavy atom. The van der Waals surface area contributed by atoms with Crippen molar-refractivity contribution < 1.29 is 22.7 Å². The van der Waals surface area contributed by atoms with Crippen LogP contribution in [0.3, 0.4) is 0 Å². The summed E-state index contributed by atoms with van der Waals surface area (Å²) in [6.07, 6.45) is 2.69. The minimum absolute atomic E-state index is 0.195. The Morgan fingerprint density at radius 3 is 2.38 bits per heavy atom. The Kier molecular flexibility index (Phi) is 8.22. The predicted molar refractivity (Wildman–Crippen MR) is 94.1 cm³/mol. The standard InChI is InChI=1S/C19H27F3N2O2/c20-19(21,22)16-7-9-17(10-8-16)26-15-18(25)23-11-3-1-4-12-24-13-5-2-6-14-24/h7-10H,1-6,11-15H2,(H,23,25).